The third-order valence-corrected chi connectivity index (χ3v) is 5.25. The minimum absolute atomic E-state index is 0.261. The minimum atomic E-state index is -0.261. The molecule has 25 heavy (non-hydrogen) atoms. The van der Waals surface area contributed by atoms with Gasteiger partial charge in [-0.1, -0.05) is 58.8 Å². The Kier molecular flexibility index (Phi) is 4.41. The maximum absolute atomic E-state index is 13.9. The monoisotopic (exact) mass is 392 g/mol. The summed E-state index contributed by atoms with van der Waals surface area (Å²) in [6.07, 6.45) is 0.905. The van der Waals surface area contributed by atoms with Crippen molar-refractivity contribution in [3.05, 3.63) is 80.3 Å². The van der Waals surface area contributed by atoms with Gasteiger partial charge in [0.15, 0.2) is 5.82 Å². The second-order valence-corrected chi connectivity index (χ2v) is 7.37. The van der Waals surface area contributed by atoms with Crippen LogP contribution in [0.3, 0.4) is 0 Å². The van der Waals surface area contributed by atoms with Crippen LogP contribution in [0.1, 0.15) is 22.0 Å². The molecule has 0 saturated carbocycles. The molecule has 0 spiro atoms. The molecule has 0 aliphatic rings. The smallest absolute Gasteiger partial charge is 0.207 e. The van der Waals surface area contributed by atoms with E-state index in [0.29, 0.717) is 39.2 Å². The Morgan fingerprint density at radius 3 is 2.64 bits per heavy atom. The largest absolute Gasteiger partial charge is 0.234 e. The zero-order chi connectivity index (χ0) is 17.4. The lowest BCUT2D eigenvalue weighted by Gasteiger charge is -2.02. The van der Waals surface area contributed by atoms with Gasteiger partial charge in [0.1, 0.15) is 10.8 Å². The number of rotatable bonds is 4. The van der Waals surface area contributed by atoms with Crippen molar-refractivity contribution in [2.24, 2.45) is 0 Å². The van der Waals surface area contributed by atoms with Crippen LogP contribution >= 0.6 is 34.5 Å². The molecule has 0 unspecified atom stereocenters. The minimum Gasteiger partial charge on any atom is -0.207 e. The Bertz CT molecular complexity index is 1060. The molecule has 4 nitrogen and oxygen atoms in total. The van der Waals surface area contributed by atoms with E-state index in [-0.39, 0.29) is 5.82 Å². The summed E-state index contributed by atoms with van der Waals surface area (Å²) in [5, 5.41) is 14.9. The highest BCUT2D eigenvalue weighted by Gasteiger charge is 2.15. The van der Waals surface area contributed by atoms with E-state index in [1.807, 2.05) is 6.07 Å². The first-order chi connectivity index (χ1) is 12.1. The van der Waals surface area contributed by atoms with Crippen LogP contribution in [-0.2, 0) is 12.8 Å². The van der Waals surface area contributed by atoms with Crippen molar-refractivity contribution in [1.82, 2.24) is 19.8 Å². The molecule has 0 aliphatic carbocycles. The average Bonchev–Trinajstić information content (AvgIpc) is 3.14. The second-order valence-electron chi connectivity index (χ2n) is 5.49. The standard InChI is InChI=1S/C17H11Cl2FN4S/c18-12-6-5-10(13(19)9-12)8-16-23-24-15(21-22-17(24)25-16)7-11-3-1-2-4-14(11)20/h1-6,9H,7-8H2. The van der Waals surface area contributed by atoms with Crippen LogP contribution in [-0.4, -0.2) is 19.8 Å². The molecule has 0 amide bonds. The predicted molar refractivity (Wildman–Crippen MR) is 97.1 cm³/mol. The number of fused-ring (bicyclic) bond motifs is 1. The fourth-order valence-corrected chi connectivity index (χ4v) is 3.87. The molecule has 0 atom stereocenters. The lowest BCUT2D eigenvalue weighted by atomic mass is 10.1. The zero-order valence-corrected chi connectivity index (χ0v) is 15.1. The van der Waals surface area contributed by atoms with E-state index in [4.69, 9.17) is 23.2 Å². The van der Waals surface area contributed by atoms with Gasteiger partial charge >= 0.3 is 0 Å². The molecule has 8 heteroatoms. The SMILES string of the molecule is Fc1ccccc1Cc1nnc2sc(Cc3ccc(Cl)cc3Cl)nn12. The van der Waals surface area contributed by atoms with E-state index in [0.717, 1.165) is 10.6 Å². The third-order valence-electron chi connectivity index (χ3n) is 3.76. The first-order valence-electron chi connectivity index (χ1n) is 7.47. The van der Waals surface area contributed by atoms with Crippen molar-refractivity contribution < 1.29 is 4.39 Å². The first-order valence-corrected chi connectivity index (χ1v) is 9.05. The van der Waals surface area contributed by atoms with Crippen LogP contribution in [0, 0.1) is 5.82 Å². The quantitative estimate of drug-likeness (QED) is 0.500. The summed E-state index contributed by atoms with van der Waals surface area (Å²) in [6, 6.07) is 12.0. The highest BCUT2D eigenvalue weighted by molar-refractivity contribution is 7.16. The van der Waals surface area contributed by atoms with Crippen molar-refractivity contribution in [2.75, 3.05) is 0 Å². The van der Waals surface area contributed by atoms with Gasteiger partial charge < -0.3 is 0 Å². The first kappa shape index (κ1) is 16.4. The fraction of sp³-hybridized carbons (Fsp3) is 0.118. The Morgan fingerprint density at radius 1 is 1.00 bits per heavy atom. The molecule has 0 fully saturated rings. The Hall–Kier alpha value is -2.02. The molecule has 0 N–H and O–H groups in total. The topological polar surface area (TPSA) is 43.1 Å². The van der Waals surface area contributed by atoms with Crippen molar-refractivity contribution in [2.45, 2.75) is 12.8 Å². The highest BCUT2D eigenvalue weighted by Crippen LogP contribution is 2.25. The molecule has 0 radical (unpaired) electrons. The van der Waals surface area contributed by atoms with E-state index in [1.165, 1.54) is 17.4 Å². The van der Waals surface area contributed by atoms with Gasteiger partial charge in [-0.05, 0) is 29.3 Å². The molecule has 0 saturated heterocycles. The van der Waals surface area contributed by atoms with E-state index >= 15 is 0 Å². The van der Waals surface area contributed by atoms with Gasteiger partial charge in [-0.2, -0.15) is 9.61 Å². The van der Waals surface area contributed by atoms with Crippen LogP contribution in [0.5, 0.6) is 0 Å². The number of benzene rings is 2. The molecule has 2 aromatic heterocycles. The van der Waals surface area contributed by atoms with Crippen molar-refractivity contribution in [3.63, 3.8) is 0 Å². The number of hydrogen-bond donors (Lipinski definition) is 0. The maximum atomic E-state index is 13.9. The van der Waals surface area contributed by atoms with Gasteiger partial charge in [0.2, 0.25) is 4.96 Å². The molecule has 126 valence electrons. The lowest BCUT2D eigenvalue weighted by Crippen LogP contribution is -2.00. The summed E-state index contributed by atoms with van der Waals surface area (Å²) < 4.78 is 15.5. The maximum Gasteiger partial charge on any atom is 0.234 e. The summed E-state index contributed by atoms with van der Waals surface area (Å²) in [4.78, 5) is 0.673. The second kappa shape index (κ2) is 6.71. The van der Waals surface area contributed by atoms with Crippen LogP contribution < -0.4 is 0 Å². The molecule has 0 aliphatic heterocycles. The van der Waals surface area contributed by atoms with Gasteiger partial charge in [-0.25, -0.2) is 4.39 Å². The number of aromatic nitrogens is 4. The third kappa shape index (κ3) is 3.38. The molecular weight excluding hydrogens is 382 g/mol. The van der Waals surface area contributed by atoms with Crippen LogP contribution in [0.15, 0.2) is 42.5 Å². The molecule has 4 rings (SSSR count). The van der Waals surface area contributed by atoms with Gasteiger partial charge in [0.25, 0.3) is 0 Å². The summed E-state index contributed by atoms with van der Waals surface area (Å²) in [6.45, 7) is 0. The van der Waals surface area contributed by atoms with E-state index in [9.17, 15) is 4.39 Å². The molecule has 4 aromatic rings. The van der Waals surface area contributed by atoms with Crippen LogP contribution in [0.2, 0.25) is 10.0 Å². The van der Waals surface area contributed by atoms with Gasteiger partial charge in [0, 0.05) is 22.9 Å². The average molecular weight is 393 g/mol. The van der Waals surface area contributed by atoms with Crippen molar-refractivity contribution >= 4 is 39.5 Å². The Labute approximate surface area is 156 Å². The number of halogens is 3. The predicted octanol–water partition coefficient (Wildman–Crippen LogP) is 4.81. The number of nitrogens with zero attached hydrogens (tertiary/aromatic N) is 4. The Balaban J connectivity index is 1.63. The molecular formula is C17H11Cl2FN4S. The van der Waals surface area contributed by atoms with E-state index in [2.05, 4.69) is 15.3 Å². The molecule has 0 bridgehead atoms. The van der Waals surface area contributed by atoms with Gasteiger partial charge in [-0.15, -0.1) is 10.2 Å². The fourth-order valence-electron chi connectivity index (χ4n) is 2.52. The van der Waals surface area contributed by atoms with Gasteiger partial charge in [-0.3, -0.25) is 0 Å². The summed E-state index contributed by atoms with van der Waals surface area (Å²) in [7, 11) is 0. The summed E-state index contributed by atoms with van der Waals surface area (Å²) in [5.41, 5.74) is 1.50. The molecule has 2 aromatic carbocycles. The van der Waals surface area contributed by atoms with Crippen LogP contribution in [0.25, 0.3) is 4.96 Å². The van der Waals surface area contributed by atoms with Gasteiger partial charge in [0.05, 0.1) is 0 Å². The van der Waals surface area contributed by atoms with E-state index in [1.54, 1.807) is 34.8 Å². The zero-order valence-electron chi connectivity index (χ0n) is 12.8. The van der Waals surface area contributed by atoms with E-state index < -0.39 is 0 Å². The number of hydrogen-bond acceptors (Lipinski definition) is 4. The summed E-state index contributed by atoms with van der Waals surface area (Å²) in [5.74, 6) is 0.340. The highest BCUT2D eigenvalue weighted by atomic mass is 35.5. The Morgan fingerprint density at radius 2 is 1.84 bits per heavy atom. The normalized spacial score (nSPS) is 11.3. The van der Waals surface area contributed by atoms with Crippen LogP contribution in [0.4, 0.5) is 4.39 Å². The molecule has 2 heterocycles. The summed E-state index contributed by atoms with van der Waals surface area (Å²) >= 11 is 13.6. The van der Waals surface area contributed by atoms with Crippen molar-refractivity contribution in [1.29, 1.82) is 0 Å². The van der Waals surface area contributed by atoms with Crippen molar-refractivity contribution in [3.8, 4) is 0 Å². The lowest BCUT2D eigenvalue weighted by molar-refractivity contribution is 0.611.